The van der Waals surface area contributed by atoms with Gasteiger partial charge in [-0.25, -0.2) is 8.42 Å². The first-order chi connectivity index (χ1) is 9.01. The number of hydrogen-bond donors (Lipinski definition) is 1. The zero-order valence-electron chi connectivity index (χ0n) is 9.54. The molecular formula is C11H8FN4O2S. The molecule has 1 heterocycles. The van der Waals surface area contributed by atoms with Crippen LogP contribution in [0.5, 0.6) is 0 Å². The van der Waals surface area contributed by atoms with Crippen molar-refractivity contribution in [1.29, 1.82) is 0 Å². The first-order valence-electron chi connectivity index (χ1n) is 5.03. The molecule has 8 heteroatoms. The molecule has 0 atom stereocenters. The molecule has 0 amide bonds. The van der Waals surface area contributed by atoms with Crippen molar-refractivity contribution >= 4 is 21.5 Å². The summed E-state index contributed by atoms with van der Waals surface area (Å²) in [5, 5.41) is 3.50. The average molecular weight is 279 g/mol. The van der Waals surface area contributed by atoms with Crippen molar-refractivity contribution in [2.45, 2.75) is 4.90 Å². The molecular weight excluding hydrogens is 271 g/mol. The fourth-order valence-corrected chi connectivity index (χ4v) is 2.03. The molecule has 19 heavy (non-hydrogen) atoms. The normalized spacial score (nSPS) is 11.0. The molecule has 1 aromatic heterocycles. The van der Waals surface area contributed by atoms with Gasteiger partial charge in [-0.1, -0.05) is 12.6 Å². The molecule has 0 spiro atoms. The lowest BCUT2D eigenvalue weighted by Crippen LogP contribution is -2.02. The van der Waals surface area contributed by atoms with Crippen LogP contribution in [0, 0.1) is 12.4 Å². The molecule has 2 aromatic rings. The summed E-state index contributed by atoms with van der Waals surface area (Å²) < 4.78 is 36.0. The number of nitrogens with zero attached hydrogens (tertiary/aromatic N) is 3. The van der Waals surface area contributed by atoms with Crippen LogP contribution >= 0.6 is 0 Å². The summed E-state index contributed by atoms with van der Waals surface area (Å²) in [6.45, 7) is 3.24. The quantitative estimate of drug-likeness (QED) is 0.912. The van der Waals surface area contributed by atoms with Crippen LogP contribution in [0.2, 0.25) is 0 Å². The van der Waals surface area contributed by atoms with Gasteiger partial charge in [-0.3, -0.25) is 0 Å². The first kappa shape index (κ1) is 13.1. The zero-order valence-corrected chi connectivity index (χ0v) is 10.4. The molecule has 2 rings (SSSR count). The average Bonchev–Trinajstić information content (AvgIpc) is 2.39. The monoisotopic (exact) mass is 279 g/mol. The van der Waals surface area contributed by atoms with E-state index < -0.39 is 15.9 Å². The maximum Gasteiger partial charge on any atom is 0.314 e. The van der Waals surface area contributed by atoms with Crippen LogP contribution in [-0.2, 0) is 9.84 Å². The highest BCUT2D eigenvalue weighted by molar-refractivity contribution is 7.94. The van der Waals surface area contributed by atoms with Gasteiger partial charge in [0.25, 0.3) is 0 Å². The number of rotatable bonds is 4. The standard InChI is InChI=1S/C11H8FN4O2S/c1-2-19(17,18)9-5-3-4-8(6-9)15-11-14-7-13-10(12)16-11/h2-6H,1H2,(H,13,14,15,16). The summed E-state index contributed by atoms with van der Waals surface area (Å²) in [4.78, 5) is 10.1. The summed E-state index contributed by atoms with van der Waals surface area (Å²) in [5.74, 6) is -0.0688. The van der Waals surface area contributed by atoms with E-state index in [4.69, 9.17) is 0 Å². The topological polar surface area (TPSA) is 84.8 Å². The van der Waals surface area contributed by atoms with E-state index in [9.17, 15) is 12.8 Å². The fourth-order valence-electron chi connectivity index (χ4n) is 1.28. The molecule has 0 saturated carbocycles. The maximum absolute atomic E-state index is 12.8. The van der Waals surface area contributed by atoms with Gasteiger partial charge in [0.15, 0.2) is 9.84 Å². The molecule has 1 radical (unpaired) electrons. The van der Waals surface area contributed by atoms with E-state index in [1.54, 1.807) is 6.07 Å². The number of benzene rings is 1. The lowest BCUT2D eigenvalue weighted by atomic mass is 10.3. The van der Waals surface area contributed by atoms with E-state index >= 15 is 0 Å². The highest BCUT2D eigenvalue weighted by atomic mass is 32.2. The van der Waals surface area contributed by atoms with Gasteiger partial charge >= 0.3 is 6.08 Å². The van der Waals surface area contributed by atoms with E-state index in [2.05, 4.69) is 33.2 Å². The highest BCUT2D eigenvalue weighted by Crippen LogP contribution is 2.19. The van der Waals surface area contributed by atoms with Gasteiger partial charge in [-0.15, -0.1) is 0 Å². The minimum absolute atomic E-state index is 0.0611. The largest absolute Gasteiger partial charge is 0.324 e. The SMILES string of the molecule is C=CS(=O)(=O)c1cccc(Nc2n[c]nc(F)n2)c1. The molecule has 0 saturated heterocycles. The summed E-state index contributed by atoms with van der Waals surface area (Å²) in [7, 11) is -3.53. The van der Waals surface area contributed by atoms with Crippen LogP contribution in [0.25, 0.3) is 0 Å². The second kappa shape index (κ2) is 5.11. The van der Waals surface area contributed by atoms with Gasteiger partial charge in [0.05, 0.1) is 4.90 Å². The third-order valence-electron chi connectivity index (χ3n) is 2.13. The molecule has 0 aliphatic rings. The minimum atomic E-state index is -3.53. The van der Waals surface area contributed by atoms with Crippen LogP contribution in [0.3, 0.4) is 0 Å². The number of aromatic nitrogens is 3. The third-order valence-corrected chi connectivity index (χ3v) is 3.48. The van der Waals surface area contributed by atoms with Crippen molar-refractivity contribution < 1.29 is 12.8 Å². The predicted molar refractivity (Wildman–Crippen MR) is 65.7 cm³/mol. The van der Waals surface area contributed by atoms with Crippen molar-refractivity contribution in [3.05, 3.63) is 48.7 Å². The van der Waals surface area contributed by atoms with E-state index in [1.165, 1.54) is 18.2 Å². The van der Waals surface area contributed by atoms with E-state index in [-0.39, 0.29) is 10.8 Å². The molecule has 0 fully saturated rings. The minimum Gasteiger partial charge on any atom is -0.324 e. The van der Waals surface area contributed by atoms with Crippen LogP contribution in [-0.4, -0.2) is 23.4 Å². The molecule has 0 aliphatic carbocycles. The van der Waals surface area contributed by atoms with Crippen molar-refractivity contribution in [1.82, 2.24) is 15.0 Å². The molecule has 0 unspecified atom stereocenters. The van der Waals surface area contributed by atoms with E-state index in [0.29, 0.717) is 5.69 Å². The second-order valence-electron chi connectivity index (χ2n) is 3.39. The van der Waals surface area contributed by atoms with Gasteiger partial charge < -0.3 is 5.32 Å². The van der Waals surface area contributed by atoms with Gasteiger partial charge in [0.1, 0.15) is 0 Å². The summed E-state index contributed by atoms with van der Waals surface area (Å²) in [5.41, 5.74) is 0.391. The number of hydrogen-bond acceptors (Lipinski definition) is 6. The first-order valence-corrected chi connectivity index (χ1v) is 6.58. The number of halogens is 1. The van der Waals surface area contributed by atoms with Gasteiger partial charge in [-0.05, 0) is 18.2 Å². The van der Waals surface area contributed by atoms with Gasteiger partial charge in [-0.2, -0.15) is 19.3 Å². The zero-order chi connectivity index (χ0) is 13.9. The Morgan fingerprint density at radius 2 is 2.16 bits per heavy atom. The van der Waals surface area contributed by atoms with Crippen LogP contribution in [0.4, 0.5) is 16.0 Å². The lowest BCUT2D eigenvalue weighted by molar-refractivity contribution is 0.533. The summed E-state index contributed by atoms with van der Waals surface area (Å²) in [6, 6.07) is 5.89. The Hall–Kier alpha value is -2.35. The van der Waals surface area contributed by atoms with Crippen LogP contribution in [0.1, 0.15) is 0 Å². The summed E-state index contributed by atoms with van der Waals surface area (Å²) >= 11 is 0. The smallest absolute Gasteiger partial charge is 0.314 e. The molecule has 0 bridgehead atoms. The predicted octanol–water partition coefficient (Wildman–Crippen LogP) is 1.47. The molecule has 0 aliphatic heterocycles. The second-order valence-corrected chi connectivity index (χ2v) is 5.29. The van der Waals surface area contributed by atoms with Crippen LogP contribution < -0.4 is 5.32 Å². The molecule has 1 N–H and O–H groups in total. The maximum atomic E-state index is 12.8. The lowest BCUT2D eigenvalue weighted by Gasteiger charge is -2.05. The Bertz CT molecular complexity index is 718. The Labute approximate surface area is 109 Å². The Morgan fingerprint density at radius 3 is 2.84 bits per heavy atom. The Balaban J connectivity index is 2.32. The third kappa shape index (κ3) is 3.10. The number of sulfone groups is 1. The van der Waals surface area contributed by atoms with Crippen molar-refractivity contribution in [3.63, 3.8) is 0 Å². The van der Waals surface area contributed by atoms with Gasteiger partial charge in [0.2, 0.25) is 12.3 Å². The summed E-state index contributed by atoms with van der Waals surface area (Å²) in [6.07, 6.45) is 1.09. The van der Waals surface area contributed by atoms with Crippen molar-refractivity contribution in [2.75, 3.05) is 5.32 Å². The Kier molecular flexibility index (Phi) is 3.52. The van der Waals surface area contributed by atoms with Crippen LogP contribution in [0.15, 0.2) is 41.1 Å². The number of anilines is 2. The molecule has 97 valence electrons. The van der Waals surface area contributed by atoms with Gasteiger partial charge in [0, 0.05) is 11.1 Å². The fraction of sp³-hybridized carbons (Fsp3) is 0. The van der Waals surface area contributed by atoms with Crippen molar-refractivity contribution in [2.24, 2.45) is 0 Å². The highest BCUT2D eigenvalue weighted by Gasteiger charge is 2.10. The molecule has 1 aromatic carbocycles. The van der Waals surface area contributed by atoms with Crippen molar-refractivity contribution in [3.8, 4) is 0 Å². The van der Waals surface area contributed by atoms with E-state index in [1.807, 2.05) is 0 Å². The van der Waals surface area contributed by atoms with E-state index in [0.717, 1.165) is 5.41 Å². The Morgan fingerprint density at radius 1 is 1.37 bits per heavy atom. The number of nitrogens with one attached hydrogen (secondary N) is 1. The molecule has 6 nitrogen and oxygen atoms in total.